The monoisotopic (exact) mass is 546 g/mol. The summed E-state index contributed by atoms with van der Waals surface area (Å²) in [7, 11) is -1.95. The van der Waals surface area contributed by atoms with Crippen LogP contribution in [0.15, 0.2) is 18.2 Å². The fourth-order valence-electron chi connectivity index (χ4n) is 5.33. The van der Waals surface area contributed by atoms with E-state index in [9.17, 15) is 9.59 Å². The topological polar surface area (TPSA) is 71.1 Å². The Bertz CT molecular complexity index is 955. The Hall–Kier alpha value is -1.54. The Balaban J connectivity index is 1.62. The molecule has 0 aliphatic carbocycles. The van der Waals surface area contributed by atoms with Crippen molar-refractivity contribution in [3.05, 3.63) is 29.3 Å². The molecule has 6 nitrogen and oxygen atoms in total. The zero-order valence-electron chi connectivity index (χ0n) is 25.1. The first-order valence-corrected chi connectivity index (χ1v) is 17.4. The standard InChI is InChI=1S/C31H50O6Si/c1-21(27(32)24(4)29(33)35-28-22(2)13-12-14-23(28)3)15-16-25-19-26(37-38(8,9)30(5,6)7)20-31(36-25)17-10-11-18-34-31/h12-14,21,24-26H,10-11,15-20H2,1-9H3. The lowest BCUT2D eigenvalue weighted by atomic mass is 9.87. The van der Waals surface area contributed by atoms with Crippen molar-refractivity contribution in [3.8, 4) is 5.75 Å². The molecule has 0 amide bonds. The number of esters is 1. The van der Waals surface area contributed by atoms with E-state index in [1.807, 2.05) is 39.0 Å². The lowest BCUT2D eigenvalue weighted by Gasteiger charge is -2.49. The minimum absolute atomic E-state index is 0.0382. The molecule has 0 N–H and O–H groups in total. The maximum Gasteiger partial charge on any atom is 0.321 e. The molecule has 5 atom stereocenters. The van der Waals surface area contributed by atoms with Crippen LogP contribution in [0, 0.1) is 25.7 Å². The summed E-state index contributed by atoms with van der Waals surface area (Å²) < 4.78 is 25.4. The fourth-order valence-corrected chi connectivity index (χ4v) is 6.70. The number of ketones is 1. The Kier molecular flexibility index (Phi) is 10.0. The van der Waals surface area contributed by atoms with E-state index < -0.39 is 26.0 Å². The highest BCUT2D eigenvalue weighted by Gasteiger charge is 2.47. The molecule has 0 bridgehead atoms. The average Bonchev–Trinajstić information content (AvgIpc) is 2.83. The summed E-state index contributed by atoms with van der Waals surface area (Å²) >= 11 is 0. The van der Waals surface area contributed by atoms with Crippen molar-refractivity contribution in [1.82, 2.24) is 0 Å². The number of aryl methyl sites for hydroxylation is 2. The third-order valence-electron chi connectivity index (χ3n) is 8.83. The van der Waals surface area contributed by atoms with Gasteiger partial charge in [0.2, 0.25) is 0 Å². The zero-order chi connectivity index (χ0) is 28.3. The van der Waals surface area contributed by atoms with Gasteiger partial charge in [0.25, 0.3) is 0 Å². The summed E-state index contributed by atoms with van der Waals surface area (Å²) in [6.07, 6.45) is 6.04. The van der Waals surface area contributed by atoms with Gasteiger partial charge in [0.15, 0.2) is 14.1 Å². The number of carbonyl (C=O) groups excluding carboxylic acids is 2. The lowest BCUT2D eigenvalue weighted by molar-refractivity contribution is -0.308. The van der Waals surface area contributed by atoms with E-state index in [0.29, 0.717) is 18.8 Å². The third kappa shape index (κ3) is 7.55. The molecule has 1 aromatic rings. The Morgan fingerprint density at radius 3 is 2.37 bits per heavy atom. The normalized spacial score (nSPS) is 26.1. The maximum absolute atomic E-state index is 13.2. The molecule has 5 unspecified atom stereocenters. The van der Waals surface area contributed by atoms with Crippen LogP contribution in [-0.4, -0.2) is 44.7 Å². The number of ether oxygens (including phenoxy) is 3. The summed E-state index contributed by atoms with van der Waals surface area (Å²) in [5, 5.41) is 0.129. The lowest BCUT2D eigenvalue weighted by Crippen LogP contribution is -2.54. The average molecular weight is 547 g/mol. The summed E-state index contributed by atoms with van der Waals surface area (Å²) in [6.45, 7) is 19.5. The molecule has 38 heavy (non-hydrogen) atoms. The SMILES string of the molecule is Cc1cccc(C)c1OC(=O)C(C)C(=O)C(C)CCC1CC(O[Si](C)(C)C(C)(C)C)CC2(CCCCO2)O1. The molecule has 7 heteroatoms. The highest BCUT2D eigenvalue weighted by atomic mass is 28.4. The number of benzene rings is 1. The van der Waals surface area contributed by atoms with Gasteiger partial charge in [0.1, 0.15) is 17.5 Å². The molecule has 1 aromatic carbocycles. The molecule has 2 heterocycles. The molecule has 2 saturated heterocycles. The van der Waals surface area contributed by atoms with E-state index in [1.54, 1.807) is 6.92 Å². The van der Waals surface area contributed by atoms with Gasteiger partial charge in [0.05, 0.1) is 18.8 Å². The smallest absolute Gasteiger partial charge is 0.321 e. The molecule has 3 rings (SSSR count). The van der Waals surface area contributed by atoms with E-state index in [-0.39, 0.29) is 28.9 Å². The van der Waals surface area contributed by atoms with Crippen molar-refractivity contribution in [3.63, 3.8) is 0 Å². The molecular formula is C31H50O6Si. The van der Waals surface area contributed by atoms with Gasteiger partial charge in [-0.05, 0) is 82.1 Å². The molecule has 0 aromatic heterocycles. The van der Waals surface area contributed by atoms with Crippen LogP contribution in [0.5, 0.6) is 5.75 Å². The first-order chi connectivity index (χ1) is 17.6. The van der Waals surface area contributed by atoms with Crippen LogP contribution < -0.4 is 4.74 Å². The van der Waals surface area contributed by atoms with E-state index >= 15 is 0 Å². The quantitative estimate of drug-likeness (QED) is 0.140. The molecule has 2 aliphatic heterocycles. The van der Waals surface area contributed by atoms with Gasteiger partial charge in [0, 0.05) is 18.8 Å². The number of hydrogen-bond acceptors (Lipinski definition) is 6. The molecule has 2 fully saturated rings. The minimum atomic E-state index is -1.95. The van der Waals surface area contributed by atoms with Crippen molar-refractivity contribution >= 4 is 20.1 Å². The van der Waals surface area contributed by atoms with Crippen LogP contribution in [-0.2, 0) is 23.5 Å². The molecule has 214 valence electrons. The predicted molar refractivity (Wildman–Crippen MR) is 153 cm³/mol. The fraction of sp³-hybridized carbons (Fsp3) is 0.742. The van der Waals surface area contributed by atoms with Gasteiger partial charge < -0.3 is 18.6 Å². The summed E-state index contributed by atoms with van der Waals surface area (Å²) in [5.74, 6) is -1.71. The van der Waals surface area contributed by atoms with Gasteiger partial charge in [-0.2, -0.15) is 0 Å². The molecule has 1 spiro atoms. The van der Waals surface area contributed by atoms with E-state index in [0.717, 1.165) is 49.7 Å². The van der Waals surface area contributed by atoms with Crippen LogP contribution >= 0.6 is 0 Å². The number of Topliss-reactive ketones (excluding diaryl/α,β-unsaturated/α-hetero) is 1. The van der Waals surface area contributed by atoms with Gasteiger partial charge in [-0.15, -0.1) is 0 Å². The van der Waals surface area contributed by atoms with Gasteiger partial charge in [-0.1, -0.05) is 45.9 Å². The Labute approximate surface area is 231 Å². The van der Waals surface area contributed by atoms with Gasteiger partial charge in [-0.3, -0.25) is 9.59 Å². The van der Waals surface area contributed by atoms with Crippen molar-refractivity contribution in [2.75, 3.05) is 6.61 Å². The molecule has 0 radical (unpaired) electrons. The van der Waals surface area contributed by atoms with E-state index in [4.69, 9.17) is 18.6 Å². The molecule has 0 saturated carbocycles. The molecule has 2 aliphatic rings. The second-order valence-electron chi connectivity index (χ2n) is 13.1. The highest BCUT2D eigenvalue weighted by molar-refractivity contribution is 6.74. The molecular weight excluding hydrogens is 496 g/mol. The second kappa shape index (κ2) is 12.3. The summed E-state index contributed by atoms with van der Waals surface area (Å²) in [4.78, 5) is 26.0. The minimum Gasteiger partial charge on any atom is -0.425 e. The van der Waals surface area contributed by atoms with Crippen molar-refractivity contribution in [1.29, 1.82) is 0 Å². The van der Waals surface area contributed by atoms with Crippen LogP contribution in [0.1, 0.15) is 90.7 Å². The maximum atomic E-state index is 13.2. The number of hydrogen-bond donors (Lipinski definition) is 0. The first-order valence-electron chi connectivity index (χ1n) is 14.5. The summed E-state index contributed by atoms with van der Waals surface area (Å²) in [5.41, 5.74) is 1.77. The van der Waals surface area contributed by atoms with Crippen LogP contribution in [0.2, 0.25) is 18.1 Å². The first kappa shape index (κ1) is 31.0. The van der Waals surface area contributed by atoms with Crippen LogP contribution in [0.3, 0.4) is 0 Å². The van der Waals surface area contributed by atoms with Gasteiger partial charge in [-0.25, -0.2) is 0 Å². The number of carbonyl (C=O) groups is 2. The van der Waals surface area contributed by atoms with Crippen LogP contribution in [0.4, 0.5) is 0 Å². The van der Waals surface area contributed by atoms with Crippen molar-refractivity contribution in [2.45, 2.75) is 130 Å². The number of rotatable bonds is 9. The third-order valence-corrected chi connectivity index (χ3v) is 13.4. The summed E-state index contributed by atoms with van der Waals surface area (Å²) in [6, 6.07) is 5.73. The van der Waals surface area contributed by atoms with E-state index in [1.165, 1.54) is 0 Å². The second-order valence-corrected chi connectivity index (χ2v) is 17.9. The van der Waals surface area contributed by atoms with Crippen molar-refractivity contribution in [2.24, 2.45) is 11.8 Å². The Morgan fingerprint density at radius 2 is 1.79 bits per heavy atom. The van der Waals surface area contributed by atoms with E-state index in [2.05, 4.69) is 33.9 Å². The highest BCUT2D eigenvalue weighted by Crippen LogP contribution is 2.44. The largest absolute Gasteiger partial charge is 0.425 e. The predicted octanol–water partition coefficient (Wildman–Crippen LogP) is 7.30. The Morgan fingerprint density at radius 1 is 1.13 bits per heavy atom. The zero-order valence-corrected chi connectivity index (χ0v) is 26.1. The number of para-hydroxylation sites is 1. The van der Waals surface area contributed by atoms with Gasteiger partial charge >= 0.3 is 5.97 Å². The van der Waals surface area contributed by atoms with Crippen molar-refractivity contribution < 1.29 is 28.2 Å². The van der Waals surface area contributed by atoms with Crippen LogP contribution in [0.25, 0.3) is 0 Å².